The van der Waals surface area contributed by atoms with Gasteiger partial charge in [-0.05, 0) is 54.7 Å². The molecule has 2 amide bonds. The molecule has 0 spiro atoms. The molecule has 1 aromatic heterocycles. The summed E-state index contributed by atoms with van der Waals surface area (Å²) in [6.07, 6.45) is 1.57. The van der Waals surface area contributed by atoms with Gasteiger partial charge < -0.3 is 15.0 Å². The van der Waals surface area contributed by atoms with Gasteiger partial charge in [0.2, 0.25) is 5.95 Å². The molecule has 6 nitrogen and oxygen atoms in total. The van der Waals surface area contributed by atoms with Crippen LogP contribution in [0.2, 0.25) is 0 Å². The molecule has 0 radical (unpaired) electrons. The molecule has 7 heteroatoms. The third-order valence-corrected chi connectivity index (χ3v) is 6.37. The third-order valence-electron chi connectivity index (χ3n) is 6.37. The highest BCUT2D eigenvalue weighted by atomic mass is 19.1. The van der Waals surface area contributed by atoms with Crippen molar-refractivity contribution in [2.45, 2.75) is 18.8 Å². The first-order valence-electron chi connectivity index (χ1n) is 11.1. The van der Waals surface area contributed by atoms with Crippen molar-refractivity contribution in [3.63, 3.8) is 0 Å². The highest BCUT2D eigenvalue weighted by Crippen LogP contribution is 2.38. The first kappa shape index (κ1) is 21.1. The standard InChI is InChI=1S/C26H24FN3O3/c27-23-8-4-7-20(28-23)25(17-5-2-1-3-6-17)18-11-13-30(14-12-18)26(32)19-9-10-22-21(15-19)29-24(31)16-33-22/h1-10,15,18,25H,11-14,16H2,(H,29,31). The molecule has 1 fully saturated rings. The number of anilines is 1. The lowest BCUT2D eigenvalue weighted by Gasteiger charge is -2.36. The van der Waals surface area contributed by atoms with Gasteiger partial charge >= 0.3 is 0 Å². The quantitative estimate of drug-likeness (QED) is 0.610. The molecule has 1 saturated heterocycles. The number of piperidine rings is 1. The van der Waals surface area contributed by atoms with Crippen LogP contribution in [0.4, 0.5) is 10.1 Å². The Kier molecular flexibility index (Phi) is 5.77. The third kappa shape index (κ3) is 4.44. The van der Waals surface area contributed by atoms with Crippen LogP contribution in [0.3, 0.4) is 0 Å². The van der Waals surface area contributed by atoms with Gasteiger partial charge in [-0.3, -0.25) is 9.59 Å². The minimum absolute atomic E-state index is 0.0173. The molecule has 3 aromatic rings. The van der Waals surface area contributed by atoms with E-state index < -0.39 is 5.95 Å². The number of likely N-dealkylation sites (tertiary alicyclic amines) is 1. The maximum atomic E-state index is 13.9. The summed E-state index contributed by atoms with van der Waals surface area (Å²) in [5, 5.41) is 2.75. The average Bonchev–Trinajstić information content (AvgIpc) is 2.84. The van der Waals surface area contributed by atoms with Gasteiger partial charge in [-0.15, -0.1) is 0 Å². The molecule has 1 N–H and O–H groups in total. The molecular weight excluding hydrogens is 421 g/mol. The number of benzene rings is 2. The SMILES string of the molecule is O=C1COc2ccc(C(=O)N3CCC(C(c4ccccc4)c4cccc(F)n4)CC3)cc2N1. The number of nitrogens with one attached hydrogen (secondary N) is 1. The Balaban J connectivity index is 1.32. The van der Waals surface area contributed by atoms with Gasteiger partial charge in [-0.25, -0.2) is 4.98 Å². The molecule has 33 heavy (non-hydrogen) atoms. The zero-order valence-electron chi connectivity index (χ0n) is 18.0. The second kappa shape index (κ2) is 9.02. The van der Waals surface area contributed by atoms with Gasteiger partial charge in [0.25, 0.3) is 11.8 Å². The zero-order valence-corrected chi connectivity index (χ0v) is 18.0. The first-order chi connectivity index (χ1) is 16.1. The number of rotatable bonds is 4. The Morgan fingerprint density at radius 3 is 2.61 bits per heavy atom. The van der Waals surface area contributed by atoms with E-state index >= 15 is 0 Å². The molecule has 1 unspecified atom stereocenters. The van der Waals surface area contributed by atoms with E-state index in [0.717, 1.165) is 24.1 Å². The summed E-state index contributed by atoms with van der Waals surface area (Å²) in [5.41, 5.74) is 2.86. The summed E-state index contributed by atoms with van der Waals surface area (Å²) in [6.45, 7) is 1.18. The lowest BCUT2D eigenvalue weighted by atomic mass is 9.78. The fourth-order valence-corrected chi connectivity index (χ4v) is 4.78. The summed E-state index contributed by atoms with van der Waals surface area (Å²) in [5.74, 6) is -0.0121. The number of carbonyl (C=O) groups is 2. The van der Waals surface area contributed by atoms with Crippen molar-refractivity contribution in [1.82, 2.24) is 9.88 Å². The molecule has 3 heterocycles. The monoisotopic (exact) mass is 445 g/mol. The maximum absolute atomic E-state index is 13.9. The number of nitrogens with zero attached hydrogens (tertiary/aromatic N) is 2. The molecule has 5 rings (SSSR count). The highest BCUT2D eigenvalue weighted by molar-refractivity contribution is 5.99. The van der Waals surface area contributed by atoms with Crippen molar-refractivity contribution in [2.75, 3.05) is 25.0 Å². The van der Waals surface area contributed by atoms with Crippen molar-refractivity contribution >= 4 is 17.5 Å². The van der Waals surface area contributed by atoms with E-state index in [2.05, 4.69) is 22.4 Å². The van der Waals surface area contributed by atoms with Crippen LogP contribution in [0, 0.1) is 11.9 Å². The smallest absolute Gasteiger partial charge is 0.262 e. The number of hydrogen-bond donors (Lipinski definition) is 1. The van der Waals surface area contributed by atoms with Crippen LogP contribution in [-0.2, 0) is 4.79 Å². The van der Waals surface area contributed by atoms with E-state index in [4.69, 9.17) is 4.74 Å². The predicted octanol–water partition coefficient (Wildman–Crippen LogP) is 4.24. The van der Waals surface area contributed by atoms with Crippen molar-refractivity contribution < 1.29 is 18.7 Å². The highest BCUT2D eigenvalue weighted by Gasteiger charge is 2.32. The summed E-state index contributed by atoms with van der Waals surface area (Å²) in [6, 6.07) is 20.1. The molecule has 2 aliphatic rings. The number of pyridine rings is 1. The van der Waals surface area contributed by atoms with Gasteiger partial charge in [0.1, 0.15) is 5.75 Å². The molecule has 0 aliphatic carbocycles. The van der Waals surface area contributed by atoms with E-state index in [0.29, 0.717) is 30.1 Å². The number of ether oxygens (including phenoxy) is 1. The van der Waals surface area contributed by atoms with E-state index in [1.807, 2.05) is 29.2 Å². The number of amides is 2. The average molecular weight is 445 g/mol. The Hall–Kier alpha value is -3.74. The Morgan fingerprint density at radius 1 is 1.06 bits per heavy atom. The van der Waals surface area contributed by atoms with Crippen molar-refractivity contribution in [3.05, 3.63) is 89.5 Å². The van der Waals surface area contributed by atoms with Gasteiger partial charge in [0.15, 0.2) is 6.61 Å². The molecule has 1 atom stereocenters. The molecule has 0 bridgehead atoms. The van der Waals surface area contributed by atoms with E-state index in [1.54, 1.807) is 24.3 Å². The summed E-state index contributed by atoms with van der Waals surface area (Å²) >= 11 is 0. The number of halogens is 1. The second-order valence-corrected chi connectivity index (χ2v) is 8.45. The molecule has 168 valence electrons. The zero-order chi connectivity index (χ0) is 22.8. The summed E-state index contributed by atoms with van der Waals surface area (Å²) in [4.78, 5) is 30.8. The van der Waals surface area contributed by atoms with Crippen molar-refractivity contribution in [2.24, 2.45) is 5.92 Å². The minimum Gasteiger partial charge on any atom is -0.482 e. The topological polar surface area (TPSA) is 71.5 Å². The largest absolute Gasteiger partial charge is 0.482 e. The number of carbonyl (C=O) groups excluding carboxylic acids is 2. The Labute approximate surface area is 191 Å². The fraction of sp³-hybridized carbons (Fsp3) is 0.269. The van der Waals surface area contributed by atoms with Gasteiger partial charge in [0.05, 0.1) is 11.4 Å². The molecule has 2 aromatic carbocycles. The van der Waals surface area contributed by atoms with Crippen molar-refractivity contribution in [3.8, 4) is 5.75 Å². The van der Waals surface area contributed by atoms with E-state index in [1.165, 1.54) is 6.07 Å². The van der Waals surface area contributed by atoms with Crippen LogP contribution < -0.4 is 10.1 Å². The molecular formula is C26H24FN3O3. The van der Waals surface area contributed by atoms with Gasteiger partial charge in [0, 0.05) is 24.6 Å². The van der Waals surface area contributed by atoms with Gasteiger partial charge in [-0.2, -0.15) is 4.39 Å². The lowest BCUT2D eigenvalue weighted by Crippen LogP contribution is -2.40. The van der Waals surface area contributed by atoms with Crippen LogP contribution >= 0.6 is 0 Å². The van der Waals surface area contributed by atoms with Crippen LogP contribution in [-0.4, -0.2) is 41.4 Å². The van der Waals surface area contributed by atoms with E-state index in [9.17, 15) is 14.0 Å². The van der Waals surface area contributed by atoms with Gasteiger partial charge in [-0.1, -0.05) is 36.4 Å². The van der Waals surface area contributed by atoms with Crippen LogP contribution in [0.1, 0.15) is 40.4 Å². The maximum Gasteiger partial charge on any atom is 0.262 e. The van der Waals surface area contributed by atoms with E-state index in [-0.39, 0.29) is 30.3 Å². The summed E-state index contributed by atoms with van der Waals surface area (Å²) < 4.78 is 19.3. The normalized spacial score (nSPS) is 17.0. The lowest BCUT2D eigenvalue weighted by molar-refractivity contribution is -0.118. The number of hydrogen-bond acceptors (Lipinski definition) is 4. The first-order valence-corrected chi connectivity index (χ1v) is 11.1. The Morgan fingerprint density at radius 2 is 1.85 bits per heavy atom. The van der Waals surface area contributed by atoms with Crippen LogP contribution in [0.25, 0.3) is 0 Å². The number of aromatic nitrogens is 1. The number of fused-ring (bicyclic) bond motifs is 1. The Bertz CT molecular complexity index is 1180. The van der Waals surface area contributed by atoms with Crippen LogP contribution in [0.5, 0.6) is 5.75 Å². The molecule has 2 aliphatic heterocycles. The molecule has 0 saturated carbocycles. The van der Waals surface area contributed by atoms with Crippen molar-refractivity contribution in [1.29, 1.82) is 0 Å². The predicted molar refractivity (Wildman–Crippen MR) is 122 cm³/mol. The summed E-state index contributed by atoms with van der Waals surface area (Å²) in [7, 11) is 0. The van der Waals surface area contributed by atoms with Crippen LogP contribution in [0.15, 0.2) is 66.7 Å². The minimum atomic E-state index is -0.482. The fourth-order valence-electron chi connectivity index (χ4n) is 4.78. The second-order valence-electron chi connectivity index (χ2n) is 8.45.